The number of hydrogen-bond donors (Lipinski definition) is 2. The van der Waals surface area contributed by atoms with Crippen molar-refractivity contribution in [1.82, 2.24) is 30.2 Å². The van der Waals surface area contributed by atoms with E-state index in [9.17, 15) is 23.3 Å². The molecular weight excluding hydrogens is 422 g/mol. The number of amides is 1. The lowest BCUT2D eigenvalue weighted by Crippen LogP contribution is -2.38. The fourth-order valence-corrected chi connectivity index (χ4v) is 4.34. The van der Waals surface area contributed by atoms with Crippen LogP contribution in [0.1, 0.15) is 25.8 Å². The molecule has 1 aromatic heterocycles. The summed E-state index contributed by atoms with van der Waals surface area (Å²) in [5, 5.41) is 25.0. The first-order valence-corrected chi connectivity index (χ1v) is 11.1. The summed E-state index contributed by atoms with van der Waals surface area (Å²) in [4.78, 5) is 22.1. The number of carbonyl (C=O) groups excluding carboxylic acids is 1. The zero-order valence-electron chi connectivity index (χ0n) is 15.4. The van der Waals surface area contributed by atoms with Crippen molar-refractivity contribution < 1.29 is 18.1 Å². The number of carbonyl (C=O) groups is 1. The molecule has 0 spiro atoms. The second kappa shape index (κ2) is 8.84. The summed E-state index contributed by atoms with van der Waals surface area (Å²) in [6.07, 6.45) is 2.04. The molecule has 1 atom stereocenters. The lowest BCUT2D eigenvalue weighted by atomic mass is 10.3. The van der Waals surface area contributed by atoms with E-state index in [2.05, 4.69) is 25.6 Å². The van der Waals surface area contributed by atoms with Gasteiger partial charge in [-0.3, -0.25) is 14.9 Å². The Morgan fingerprint density at radius 3 is 2.86 bits per heavy atom. The highest BCUT2D eigenvalue weighted by Gasteiger charge is 2.29. The van der Waals surface area contributed by atoms with Crippen molar-refractivity contribution in [3.63, 3.8) is 0 Å². The van der Waals surface area contributed by atoms with E-state index in [1.54, 1.807) is 11.6 Å². The van der Waals surface area contributed by atoms with Gasteiger partial charge in [0.05, 0.1) is 21.1 Å². The molecule has 1 aliphatic carbocycles. The molecule has 14 heteroatoms. The summed E-state index contributed by atoms with van der Waals surface area (Å²) in [7, 11) is -3.92. The van der Waals surface area contributed by atoms with Crippen LogP contribution in [0, 0.1) is 10.1 Å². The summed E-state index contributed by atoms with van der Waals surface area (Å²) < 4.78 is 28.5. The minimum atomic E-state index is -3.92. The second-order valence-corrected chi connectivity index (χ2v) is 9.42. The van der Waals surface area contributed by atoms with Gasteiger partial charge in [0.1, 0.15) is 0 Å². The minimum Gasteiger partial charge on any atom is -0.354 e. The van der Waals surface area contributed by atoms with Gasteiger partial charge >= 0.3 is 0 Å². The summed E-state index contributed by atoms with van der Waals surface area (Å²) in [6.45, 7) is 1.71. The molecule has 1 aliphatic rings. The van der Waals surface area contributed by atoms with E-state index >= 15 is 0 Å². The largest absolute Gasteiger partial charge is 0.354 e. The number of nitrogens with one attached hydrogen (secondary N) is 2. The van der Waals surface area contributed by atoms with E-state index < -0.39 is 20.2 Å². The number of rotatable bonds is 10. The predicted octanol–water partition coefficient (Wildman–Crippen LogP) is 0.492. The average molecular weight is 441 g/mol. The molecule has 3 rings (SSSR count). The van der Waals surface area contributed by atoms with Crippen molar-refractivity contribution in [3.8, 4) is 0 Å². The van der Waals surface area contributed by atoms with Gasteiger partial charge in [0, 0.05) is 25.2 Å². The Hall–Kier alpha value is -2.58. The third kappa shape index (κ3) is 5.48. The number of thioether (sulfide) groups is 1. The quantitative estimate of drug-likeness (QED) is 0.231. The van der Waals surface area contributed by atoms with Crippen molar-refractivity contribution in [1.29, 1.82) is 0 Å². The van der Waals surface area contributed by atoms with Crippen LogP contribution in [0.4, 0.5) is 5.69 Å². The van der Waals surface area contributed by atoms with Gasteiger partial charge < -0.3 is 5.32 Å². The summed E-state index contributed by atoms with van der Waals surface area (Å²) in [6, 6.07) is 5.03. The van der Waals surface area contributed by atoms with Crippen LogP contribution in [0.5, 0.6) is 0 Å². The molecule has 0 saturated heterocycles. The van der Waals surface area contributed by atoms with Gasteiger partial charge in [-0.15, -0.1) is 5.10 Å². The molecular formula is C15H19N7O5S2. The van der Waals surface area contributed by atoms with Gasteiger partial charge in [-0.2, -0.15) is 0 Å². The van der Waals surface area contributed by atoms with Gasteiger partial charge in [-0.1, -0.05) is 17.8 Å². The standard InChI is InChI=1S/C15H19N7O5S2/c1-10(28-15-18-19-20-21(15)11-5-6-11)14(23)16-7-8-17-29(26,27)13-4-2-3-12(9-13)22(24)25/h2-4,9-11,17H,5-8H2,1H3,(H,16,23). The topological polar surface area (TPSA) is 162 Å². The van der Waals surface area contributed by atoms with E-state index in [0.29, 0.717) is 11.2 Å². The molecule has 1 amide bonds. The number of non-ortho nitro benzene ring substituents is 1. The molecule has 2 aromatic rings. The molecule has 1 fully saturated rings. The summed E-state index contributed by atoms with van der Waals surface area (Å²) >= 11 is 1.23. The van der Waals surface area contributed by atoms with Crippen molar-refractivity contribution in [2.24, 2.45) is 0 Å². The molecule has 1 unspecified atom stereocenters. The van der Waals surface area contributed by atoms with Crippen LogP contribution < -0.4 is 10.0 Å². The smallest absolute Gasteiger partial charge is 0.270 e. The molecule has 1 heterocycles. The Morgan fingerprint density at radius 2 is 2.17 bits per heavy atom. The van der Waals surface area contributed by atoms with E-state index in [-0.39, 0.29) is 29.6 Å². The Bertz CT molecular complexity index is 1010. The number of aromatic nitrogens is 4. The Balaban J connectivity index is 1.46. The Morgan fingerprint density at radius 1 is 1.41 bits per heavy atom. The average Bonchev–Trinajstić information content (AvgIpc) is 3.44. The van der Waals surface area contributed by atoms with Gasteiger partial charge in [0.15, 0.2) is 0 Å². The molecule has 1 saturated carbocycles. The zero-order chi connectivity index (χ0) is 21.0. The van der Waals surface area contributed by atoms with Crippen LogP contribution in [0.15, 0.2) is 34.3 Å². The molecule has 29 heavy (non-hydrogen) atoms. The fraction of sp³-hybridized carbons (Fsp3) is 0.467. The maximum atomic E-state index is 12.2. The maximum absolute atomic E-state index is 12.2. The third-order valence-corrected chi connectivity index (χ3v) is 6.57. The Kier molecular flexibility index (Phi) is 6.44. The van der Waals surface area contributed by atoms with Crippen LogP contribution >= 0.6 is 11.8 Å². The zero-order valence-corrected chi connectivity index (χ0v) is 17.0. The van der Waals surface area contributed by atoms with Crippen molar-refractivity contribution >= 4 is 33.4 Å². The number of tetrazole rings is 1. The first-order valence-electron chi connectivity index (χ1n) is 8.74. The van der Waals surface area contributed by atoms with Crippen LogP contribution in [0.2, 0.25) is 0 Å². The molecule has 156 valence electrons. The second-order valence-electron chi connectivity index (χ2n) is 6.34. The van der Waals surface area contributed by atoms with Crippen molar-refractivity contribution in [3.05, 3.63) is 34.4 Å². The van der Waals surface area contributed by atoms with Crippen LogP contribution in [-0.4, -0.2) is 57.8 Å². The first-order chi connectivity index (χ1) is 13.8. The van der Waals surface area contributed by atoms with Gasteiger partial charge in [-0.05, 0) is 36.3 Å². The number of nitro benzene ring substituents is 1. The van der Waals surface area contributed by atoms with Gasteiger partial charge in [0.25, 0.3) is 5.69 Å². The molecule has 0 bridgehead atoms. The van der Waals surface area contributed by atoms with Crippen LogP contribution in [0.25, 0.3) is 0 Å². The lowest BCUT2D eigenvalue weighted by molar-refractivity contribution is -0.385. The molecule has 0 radical (unpaired) electrons. The van der Waals surface area contributed by atoms with Gasteiger partial charge in [-0.25, -0.2) is 17.8 Å². The number of nitrogens with zero attached hydrogens (tertiary/aromatic N) is 5. The predicted molar refractivity (Wildman–Crippen MR) is 103 cm³/mol. The highest BCUT2D eigenvalue weighted by Crippen LogP contribution is 2.37. The van der Waals surface area contributed by atoms with E-state index in [4.69, 9.17) is 0 Å². The van der Waals surface area contributed by atoms with E-state index in [1.807, 2.05) is 0 Å². The number of hydrogen-bond acceptors (Lipinski definition) is 9. The number of sulfonamides is 1. The Labute approximate surface area is 170 Å². The monoisotopic (exact) mass is 441 g/mol. The summed E-state index contributed by atoms with van der Waals surface area (Å²) in [5.74, 6) is -0.283. The molecule has 1 aromatic carbocycles. The van der Waals surface area contributed by atoms with Crippen LogP contribution in [-0.2, 0) is 14.8 Å². The highest BCUT2D eigenvalue weighted by molar-refractivity contribution is 8.00. The number of nitro groups is 1. The van der Waals surface area contributed by atoms with Crippen molar-refractivity contribution in [2.75, 3.05) is 13.1 Å². The van der Waals surface area contributed by atoms with E-state index in [1.165, 1.54) is 30.0 Å². The number of benzene rings is 1. The van der Waals surface area contributed by atoms with Crippen molar-refractivity contribution in [2.45, 2.75) is 41.1 Å². The molecule has 12 nitrogen and oxygen atoms in total. The molecule has 2 N–H and O–H groups in total. The highest BCUT2D eigenvalue weighted by atomic mass is 32.2. The lowest BCUT2D eigenvalue weighted by Gasteiger charge is -2.12. The normalized spacial score (nSPS) is 15.1. The van der Waals surface area contributed by atoms with Gasteiger partial charge in [0.2, 0.25) is 21.1 Å². The molecule has 0 aliphatic heterocycles. The minimum absolute atomic E-state index is 0.0610. The fourth-order valence-electron chi connectivity index (χ4n) is 2.39. The van der Waals surface area contributed by atoms with E-state index in [0.717, 1.165) is 18.9 Å². The van der Waals surface area contributed by atoms with Crippen LogP contribution in [0.3, 0.4) is 0 Å². The summed E-state index contributed by atoms with van der Waals surface area (Å²) in [5.41, 5.74) is -0.319. The third-order valence-electron chi connectivity index (χ3n) is 4.06. The maximum Gasteiger partial charge on any atom is 0.270 e. The SMILES string of the molecule is CC(Sc1nnnn1C1CC1)C(=O)NCCNS(=O)(=O)c1cccc([N+](=O)[O-])c1. The first kappa shape index (κ1) is 21.1.